The van der Waals surface area contributed by atoms with Gasteiger partial charge in [0, 0.05) is 0 Å². The molecule has 0 unspecified atom stereocenters. The largest absolute Gasteiger partial charge is 0.392 e. The van der Waals surface area contributed by atoms with Crippen molar-refractivity contribution in [2.75, 3.05) is 5.75 Å². The van der Waals surface area contributed by atoms with Crippen LogP contribution < -0.4 is 10.5 Å². The van der Waals surface area contributed by atoms with Crippen molar-refractivity contribution in [2.24, 2.45) is 11.7 Å². The minimum absolute atomic E-state index is 0.233. The number of sulfonamides is 1. The maximum atomic E-state index is 12.2. The van der Waals surface area contributed by atoms with Gasteiger partial charge in [0.05, 0.1) is 16.3 Å². The molecule has 2 rings (SSSR count). The Morgan fingerprint density at radius 1 is 1.16 bits per heavy atom. The zero-order chi connectivity index (χ0) is 13.9. The first-order valence-corrected chi connectivity index (χ1v) is 9.31. The van der Waals surface area contributed by atoms with Crippen LogP contribution in [0, 0.1) is 5.92 Å². The second-order valence-electron chi connectivity index (χ2n) is 6.04. The molecule has 110 valence electrons. The molecule has 0 atom stereocenters. The Bertz CT molecular complexity index is 422. The Kier molecular flexibility index (Phi) is 4.84. The molecule has 0 aromatic carbocycles. The van der Waals surface area contributed by atoms with Gasteiger partial charge in [0.15, 0.2) is 0 Å². The highest BCUT2D eigenvalue weighted by Gasteiger charge is 2.39. The van der Waals surface area contributed by atoms with E-state index in [4.69, 9.17) is 18.0 Å². The first kappa shape index (κ1) is 15.2. The van der Waals surface area contributed by atoms with Gasteiger partial charge < -0.3 is 5.73 Å². The summed E-state index contributed by atoms with van der Waals surface area (Å²) >= 11 is 5.18. The summed E-state index contributed by atoms with van der Waals surface area (Å²) in [6.07, 6.45) is 9.01. The zero-order valence-corrected chi connectivity index (χ0v) is 13.0. The molecule has 2 saturated carbocycles. The van der Waals surface area contributed by atoms with Crippen LogP contribution in [0.1, 0.15) is 57.8 Å². The predicted octanol–water partition coefficient (Wildman–Crippen LogP) is 2.08. The van der Waals surface area contributed by atoms with Crippen LogP contribution in [0.5, 0.6) is 0 Å². The zero-order valence-electron chi connectivity index (χ0n) is 11.4. The average Bonchev–Trinajstić information content (AvgIpc) is 3.04. The van der Waals surface area contributed by atoms with E-state index in [0.717, 1.165) is 51.4 Å². The van der Waals surface area contributed by atoms with E-state index in [0.29, 0.717) is 10.9 Å². The van der Waals surface area contributed by atoms with E-state index in [9.17, 15) is 8.42 Å². The van der Waals surface area contributed by atoms with Crippen LogP contribution in [-0.2, 0) is 10.0 Å². The highest BCUT2D eigenvalue weighted by atomic mass is 32.2. The van der Waals surface area contributed by atoms with Crippen LogP contribution in [0.15, 0.2) is 0 Å². The lowest BCUT2D eigenvalue weighted by Crippen LogP contribution is -2.57. The van der Waals surface area contributed by atoms with E-state index >= 15 is 0 Å². The quantitative estimate of drug-likeness (QED) is 0.763. The smallest absolute Gasteiger partial charge is 0.212 e. The van der Waals surface area contributed by atoms with Crippen LogP contribution in [0.25, 0.3) is 0 Å². The fourth-order valence-corrected chi connectivity index (χ4v) is 5.11. The summed E-state index contributed by atoms with van der Waals surface area (Å²) in [5.74, 6) is 0.576. The van der Waals surface area contributed by atoms with E-state index in [1.54, 1.807) is 0 Å². The van der Waals surface area contributed by atoms with Crippen LogP contribution in [0.2, 0.25) is 0 Å². The van der Waals surface area contributed by atoms with Crippen molar-refractivity contribution in [1.82, 2.24) is 4.72 Å². The summed E-state index contributed by atoms with van der Waals surface area (Å²) in [5, 5.41) is 0. The minimum atomic E-state index is -3.27. The molecule has 0 bridgehead atoms. The van der Waals surface area contributed by atoms with E-state index in [1.165, 1.54) is 6.42 Å². The Morgan fingerprint density at radius 3 is 2.16 bits per heavy atom. The van der Waals surface area contributed by atoms with Crippen molar-refractivity contribution in [2.45, 2.75) is 63.3 Å². The third kappa shape index (κ3) is 4.39. The Hall–Kier alpha value is -0.200. The lowest BCUT2D eigenvalue weighted by molar-refractivity contribution is 0.371. The summed E-state index contributed by atoms with van der Waals surface area (Å²) in [4.78, 5) is 0.314. The molecule has 3 N–H and O–H groups in total. The molecular weight excluding hydrogens is 280 g/mol. The van der Waals surface area contributed by atoms with Gasteiger partial charge in [-0.25, -0.2) is 13.1 Å². The maximum Gasteiger partial charge on any atom is 0.212 e. The van der Waals surface area contributed by atoms with Crippen molar-refractivity contribution in [1.29, 1.82) is 0 Å². The van der Waals surface area contributed by atoms with Gasteiger partial charge in [0.2, 0.25) is 10.0 Å². The van der Waals surface area contributed by atoms with Crippen molar-refractivity contribution < 1.29 is 8.42 Å². The van der Waals surface area contributed by atoms with Crippen molar-refractivity contribution in [3.63, 3.8) is 0 Å². The number of nitrogens with two attached hydrogens (primary N) is 1. The molecule has 2 fully saturated rings. The molecule has 0 saturated heterocycles. The molecule has 2 aliphatic rings. The fourth-order valence-electron chi connectivity index (χ4n) is 2.84. The molecule has 0 aromatic heterocycles. The molecule has 19 heavy (non-hydrogen) atoms. The summed E-state index contributed by atoms with van der Waals surface area (Å²) in [7, 11) is -3.27. The van der Waals surface area contributed by atoms with Gasteiger partial charge in [-0.15, -0.1) is 0 Å². The molecule has 2 aliphatic carbocycles. The van der Waals surface area contributed by atoms with E-state index in [2.05, 4.69) is 4.72 Å². The molecule has 0 heterocycles. The van der Waals surface area contributed by atoms with Gasteiger partial charge in [-0.05, 0) is 31.6 Å². The molecule has 4 nitrogen and oxygen atoms in total. The molecule has 0 spiro atoms. The van der Waals surface area contributed by atoms with Crippen LogP contribution >= 0.6 is 12.2 Å². The van der Waals surface area contributed by atoms with Gasteiger partial charge in [-0.2, -0.15) is 0 Å². The molecule has 0 amide bonds. The summed E-state index contributed by atoms with van der Waals surface area (Å²) in [6, 6.07) is 0. The second-order valence-corrected chi connectivity index (χ2v) is 8.25. The van der Waals surface area contributed by atoms with Crippen molar-refractivity contribution in [3.8, 4) is 0 Å². The number of hydrogen-bond donors (Lipinski definition) is 2. The molecule has 0 aliphatic heterocycles. The number of nitrogens with one attached hydrogen (secondary N) is 1. The number of thiocarbonyl (C=S) groups is 1. The van der Waals surface area contributed by atoms with Gasteiger partial charge in [-0.1, -0.05) is 44.3 Å². The summed E-state index contributed by atoms with van der Waals surface area (Å²) in [6.45, 7) is 0. The Labute approximate surface area is 121 Å². The lowest BCUT2D eigenvalue weighted by atomic mass is 9.85. The highest BCUT2D eigenvalue weighted by Crippen LogP contribution is 2.32. The molecule has 0 radical (unpaired) electrons. The maximum absolute atomic E-state index is 12.2. The SMILES string of the molecule is NC(=S)C1(NS(=O)(=O)CC2CC2)CCCCCCC1. The third-order valence-electron chi connectivity index (χ3n) is 4.18. The van der Waals surface area contributed by atoms with Gasteiger partial charge >= 0.3 is 0 Å². The van der Waals surface area contributed by atoms with Gasteiger partial charge in [0.1, 0.15) is 0 Å². The van der Waals surface area contributed by atoms with E-state index < -0.39 is 15.6 Å². The Morgan fingerprint density at radius 2 is 1.68 bits per heavy atom. The predicted molar refractivity (Wildman–Crippen MR) is 81.5 cm³/mol. The van der Waals surface area contributed by atoms with Crippen molar-refractivity contribution in [3.05, 3.63) is 0 Å². The second kappa shape index (κ2) is 6.06. The summed E-state index contributed by atoms with van der Waals surface area (Å²) in [5.41, 5.74) is 5.20. The Balaban J connectivity index is 2.10. The monoisotopic (exact) mass is 304 g/mol. The first-order chi connectivity index (χ1) is 8.94. The third-order valence-corrected chi connectivity index (χ3v) is 6.18. The fraction of sp³-hybridized carbons (Fsp3) is 0.923. The number of hydrogen-bond acceptors (Lipinski definition) is 3. The number of rotatable bonds is 5. The average molecular weight is 304 g/mol. The van der Waals surface area contributed by atoms with Crippen LogP contribution in [0.4, 0.5) is 0 Å². The van der Waals surface area contributed by atoms with Gasteiger partial charge in [0.25, 0.3) is 0 Å². The summed E-state index contributed by atoms with van der Waals surface area (Å²) < 4.78 is 27.3. The molecule has 6 heteroatoms. The highest BCUT2D eigenvalue weighted by molar-refractivity contribution is 7.89. The molecule has 0 aromatic rings. The van der Waals surface area contributed by atoms with E-state index in [1.807, 2.05) is 0 Å². The topological polar surface area (TPSA) is 72.2 Å². The van der Waals surface area contributed by atoms with Crippen molar-refractivity contribution >= 4 is 27.2 Å². The van der Waals surface area contributed by atoms with Crippen LogP contribution in [0.3, 0.4) is 0 Å². The normalized spacial score (nSPS) is 24.4. The van der Waals surface area contributed by atoms with E-state index in [-0.39, 0.29) is 5.75 Å². The lowest BCUT2D eigenvalue weighted by Gasteiger charge is -2.35. The van der Waals surface area contributed by atoms with Gasteiger partial charge in [-0.3, -0.25) is 0 Å². The standard InChI is InChI=1S/C13H24N2O2S2/c14-12(18)13(8-4-2-1-3-5-9-13)15-19(16,17)10-11-6-7-11/h11,15H,1-10H2,(H2,14,18). The van der Waals surface area contributed by atoms with Crippen LogP contribution in [-0.4, -0.2) is 24.7 Å². The first-order valence-electron chi connectivity index (χ1n) is 7.25. The minimum Gasteiger partial charge on any atom is -0.392 e. The molecular formula is C13H24N2O2S2.